The second kappa shape index (κ2) is 7.61. The zero-order valence-corrected chi connectivity index (χ0v) is 15.5. The van der Waals surface area contributed by atoms with E-state index in [2.05, 4.69) is 46.8 Å². The summed E-state index contributed by atoms with van der Waals surface area (Å²) in [7, 11) is 0. The van der Waals surface area contributed by atoms with E-state index < -0.39 is 11.7 Å². The third-order valence-electron chi connectivity index (χ3n) is 3.56. The minimum Gasteiger partial charge on any atom is -0.444 e. The van der Waals surface area contributed by atoms with Crippen molar-refractivity contribution in [2.45, 2.75) is 52.3 Å². The molecule has 0 saturated heterocycles. The summed E-state index contributed by atoms with van der Waals surface area (Å²) < 4.78 is 5.18. The molecule has 2 rings (SSSR count). The molecule has 2 N–H and O–H groups in total. The lowest BCUT2D eigenvalue weighted by molar-refractivity contribution is 0.0635. The second-order valence-electron chi connectivity index (χ2n) is 7.38. The molecule has 0 aliphatic carbocycles. The van der Waals surface area contributed by atoms with Gasteiger partial charge in [0, 0.05) is 12.1 Å². The van der Waals surface area contributed by atoms with E-state index in [1.54, 1.807) is 6.07 Å². The fraction of sp³-hybridized carbons (Fsp3) is 0.421. The van der Waals surface area contributed by atoms with Crippen LogP contribution in [0.5, 0.6) is 0 Å². The molecule has 1 heterocycles. The molecular weight excluding hydrogens is 316 g/mol. The number of hydrogen-bond acceptors (Lipinski definition) is 5. The fourth-order valence-corrected chi connectivity index (χ4v) is 2.20. The average molecular weight is 342 g/mol. The molecule has 0 saturated carbocycles. The maximum atomic E-state index is 11.7. The predicted molar refractivity (Wildman–Crippen MR) is 98.2 cm³/mol. The second-order valence-corrected chi connectivity index (χ2v) is 7.38. The van der Waals surface area contributed by atoms with Crippen molar-refractivity contribution in [3.05, 3.63) is 53.7 Å². The Kier molecular flexibility index (Phi) is 5.74. The zero-order chi connectivity index (χ0) is 18.5. The highest BCUT2D eigenvalue weighted by atomic mass is 16.6. The van der Waals surface area contributed by atoms with Crippen molar-refractivity contribution in [1.29, 1.82) is 0 Å². The smallest absolute Gasteiger partial charge is 0.413 e. The van der Waals surface area contributed by atoms with Crippen LogP contribution in [-0.4, -0.2) is 21.9 Å². The van der Waals surface area contributed by atoms with E-state index in [1.807, 2.05) is 45.0 Å². The van der Waals surface area contributed by atoms with E-state index in [-0.39, 0.29) is 5.54 Å². The lowest BCUT2D eigenvalue weighted by Gasteiger charge is -2.26. The molecule has 0 radical (unpaired) electrons. The molecule has 0 atom stereocenters. The summed E-state index contributed by atoms with van der Waals surface area (Å²) in [6, 6.07) is 13.8. The van der Waals surface area contributed by atoms with Crippen LogP contribution >= 0.6 is 0 Å². The number of nitrogens with one attached hydrogen (secondary N) is 2. The number of nitrogens with zero attached hydrogens (tertiary/aromatic N) is 2. The van der Waals surface area contributed by atoms with Crippen molar-refractivity contribution < 1.29 is 9.53 Å². The molecule has 0 fully saturated rings. The van der Waals surface area contributed by atoms with Crippen molar-refractivity contribution in [3.8, 4) is 0 Å². The molecule has 0 bridgehead atoms. The number of hydrogen-bond donors (Lipinski definition) is 2. The normalized spacial score (nSPS) is 11.9. The first-order valence-corrected chi connectivity index (χ1v) is 8.29. The number of rotatable bonds is 5. The minimum atomic E-state index is -0.551. The first-order valence-electron chi connectivity index (χ1n) is 8.29. The average Bonchev–Trinajstić information content (AvgIpc) is 2.53. The molecular formula is C19H26N4O2. The molecule has 1 amide bonds. The fourth-order valence-electron chi connectivity index (χ4n) is 2.20. The summed E-state index contributed by atoms with van der Waals surface area (Å²) in [5.41, 5.74) is 1.26. The summed E-state index contributed by atoms with van der Waals surface area (Å²) in [6.45, 7) is 10.2. The Morgan fingerprint density at radius 3 is 2.24 bits per heavy atom. The Bertz CT molecular complexity index is 692. The highest BCUT2D eigenvalue weighted by Gasteiger charge is 2.20. The van der Waals surface area contributed by atoms with Crippen LogP contribution in [0.15, 0.2) is 42.5 Å². The molecule has 0 unspecified atom stereocenters. The van der Waals surface area contributed by atoms with Crippen molar-refractivity contribution >= 4 is 11.9 Å². The van der Waals surface area contributed by atoms with Crippen molar-refractivity contribution in [1.82, 2.24) is 15.5 Å². The SMILES string of the molecule is CC(C)(C)OC(=O)Nc1ccc(CNC(C)(C)c2ccccc2)nn1. The molecule has 1 aromatic heterocycles. The van der Waals surface area contributed by atoms with E-state index in [0.717, 1.165) is 5.69 Å². The number of ether oxygens (including phenoxy) is 1. The van der Waals surface area contributed by atoms with Crippen molar-refractivity contribution in [3.63, 3.8) is 0 Å². The lowest BCUT2D eigenvalue weighted by Crippen LogP contribution is -2.36. The summed E-state index contributed by atoms with van der Waals surface area (Å²) in [6.07, 6.45) is -0.544. The van der Waals surface area contributed by atoms with Gasteiger partial charge in [-0.25, -0.2) is 4.79 Å². The highest BCUT2D eigenvalue weighted by Crippen LogP contribution is 2.20. The number of benzene rings is 1. The van der Waals surface area contributed by atoms with Crippen LogP contribution in [0.25, 0.3) is 0 Å². The largest absolute Gasteiger partial charge is 0.444 e. The van der Waals surface area contributed by atoms with Gasteiger partial charge >= 0.3 is 6.09 Å². The molecule has 6 nitrogen and oxygen atoms in total. The Morgan fingerprint density at radius 1 is 1.00 bits per heavy atom. The van der Waals surface area contributed by atoms with E-state index in [1.165, 1.54) is 5.56 Å². The zero-order valence-electron chi connectivity index (χ0n) is 15.5. The van der Waals surface area contributed by atoms with Gasteiger partial charge in [-0.1, -0.05) is 30.3 Å². The quantitative estimate of drug-likeness (QED) is 0.863. The van der Waals surface area contributed by atoms with E-state index in [4.69, 9.17) is 4.74 Å². The third kappa shape index (κ3) is 6.15. The van der Waals surface area contributed by atoms with Crippen LogP contribution in [0.4, 0.5) is 10.6 Å². The highest BCUT2D eigenvalue weighted by molar-refractivity contribution is 5.83. The maximum Gasteiger partial charge on any atom is 0.413 e. The van der Waals surface area contributed by atoms with Gasteiger partial charge in [0.1, 0.15) is 5.60 Å². The Labute approximate surface area is 149 Å². The topological polar surface area (TPSA) is 76.1 Å². The van der Waals surface area contributed by atoms with Gasteiger partial charge in [-0.15, -0.1) is 5.10 Å². The first kappa shape index (κ1) is 18.9. The van der Waals surface area contributed by atoms with Crippen molar-refractivity contribution in [2.24, 2.45) is 0 Å². The van der Waals surface area contributed by atoms with Gasteiger partial charge in [0.25, 0.3) is 0 Å². The van der Waals surface area contributed by atoms with Gasteiger partial charge in [0.2, 0.25) is 0 Å². The number of amides is 1. The van der Waals surface area contributed by atoms with E-state index in [0.29, 0.717) is 12.4 Å². The molecule has 2 aromatic rings. The third-order valence-corrected chi connectivity index (χ3v) is 3.56. The predicted octanol–water partition coefficient (Wildman–Crippen LogP) is 3.85. The number of carbonyl (C=O) groups is 1. The van der Waals surface area contributed by atoms with Crippen LogP contribution in [0, 0.1) is 0 Å². The molecule has 25 heavy (non-hydrogen) atoms. The molecule has 1 aromatic carbocycles. The first-order chi connectivity index (χ1) is 11.7. The Morgan fingerprint density at radius 2 is 1.68 bits per heavy atom. The molecule has 6 heteroatoms. The lowest BCUT2D eigenvalue weighted by atomic mass is 9.94. The number of anilines is 1. The van der Waals surface area contributed by atoms with Crippen LogP contribution in [0.1, 0.15) is 45.9 Å². The van der Waals surface area contributed by atoms with Gasteiger partial charge in [-0.2, -0.15) is 5.10 Å². The molecule has 0 aliphatic rings. The van der Waals surface area contributed by atoms with E-state index in [9.17, 15) is 4.79 Å². The number of carbonyl (C=O) groups excluding carboxylic acids is 1. The van der Waals surface area contributed by atoms with Gasteiger partial charge < -0.3 is 10.1 Å². The summed E-state index contributed by atoms with van der Waals surface area (Å²) >= 11 is 0. The van der Waals surface area contributed by atoms with Crippen LogP contribution < -0.4 is 10.6 Å². The molecule has 0 aliphatic heterocycles. The van der Waals surface area contributed by atoms with Crippen LogP contribution in [0.2, 0.25) is 0 Å². The minimum absolute atomic E-state index is 0.184. The maximum absolute atomic E-state index is 11.7. The molecule has 134 valence electrons. The number of aromatic nitrogens is 2. The summed E-state index contributed by atoms with van der Waals surface area (Å²) in [4.78, 5) is 11.7. The van der Waals surface area contributed by atoms with Gasteiger partial charge in [0.05, 0.1) is 5.69 Å². The Hall–Kier alpha value is -2.47. The van der Waals surface area contributed by atoms with Crippen molar-refractivity contribution in [2.75, 3.05) is 5.32 Å². The molecule has 0 spiro atoms. The summed E-state index contributed by atoms with van der Waals surface area (Å²) in [5, 5.41) is 14.2. The summed E-state index contributed by atoms with van der Waals surface area (Å²) in [5.74, 6) is 0.361. The van der Waals surface area contributed by atoms with Gasteiger partial charge in [-0.05, 0) is 52.3 Å². The van der Waals surface area contributed by atoms with E-state index >= 15 is 0 Å². The standard InChI is InChI=1S/C19H26N4O2/c1-18(2,3)25-17(24)21-16-12-11-15(22-23-16)13-20-19(4,5)14-9-7-6-8-10-14/h6-12,20H,13H2,1-5H3,(H,21,23,24). The van der Waals surface area contributed by atoms with Crippen LogP contribution in [-0.2, 0) is 16.8 Å². The van der Waals surface area contributed by atoms with Gasteiger partial charge in [0.15, 0.2) is 5.82 Å². The Balaban J connectivity index is 1.91. The monoisotopic (exact) mass is 342 g/mol. The van der Waals surface area contributed by atoms with Gasteiger partial charge in [-0.3, -0.25) is 5.32 Å². The van der Waals surface area contributed by atoms with Crippen LogP contribution in [0.3, 0.4) is 0 Å².